The molecule has 6 nitrogen and oxygen atoms in total. The van der Waals surface area contributed by atoms with E-state index in [4.69, 9.17) is 0 Å². The van der Waals surface area contributed by atoms with Gasteiger partial charge < -0.3 is 10.6 Å². The normalized spacial score (nSPS) is 26.4. The number of benzene rings is 1. The lowest BCUT2D eigenvalue weighted by Gasteiger charge is -2.24. The Morgan fingerprint density at radius 1 is 1.24 bits per heavy atom. The predicted octanol–water partition coefficient (Wildman–Crippen LogP) is 1.47. The standard InChI is InChI=1S/C18H27N3O3S/c1-21(2)25(23,24)17-10-6-4-8-14(17)12-19-18(22)16-11-13-7-3-5-9-15(13)20-16/h4,6,8,10,13,15-16,20H,3,5,7,9,11-12H2,1-2H3,(H,19,22). The van der Waals surface area contributed by atoms with E-state index in [9.17, 15) is 13.2 Å². The van der Waals surface area contributed by atoms with E-state index in [1.165, 1.54) is 37.7 Å². The molecule has 25 heavy (non-hydrogen) atoms. The molecule has 138 valence electrons. The summed E-state index contributed by atoms with van der Waals surface area (Å²) in [6.07, 6.45) is 5.73. The summed E-state index contributed by atoms with van der Waals surface area (Å²) >= 11 is 0. The van der Waals surface area contributed by atoms with Gasteiger partial charge in [-0.3, -0.25) is 4.79 Å². The van der Waals surface area contributed by atoms with Crippen LogP contribution in [0.15, 0.2) is 29.2 Å². The molecule has 1 aromatic carbocycles. The van der Waals surface area contributed by atoms with Crippen LogP contribution in [0.3, 0.4) is 0 Å². The van der Waals surface area contributed by atoms with Crippen LogP contribution in [0.2, 0.25) is 0 Å². The van der Waals surface area contributed by atoms with Crippen LogP contribution in [0.4, 0.5) is 0 Å². The highest BCUT2D eigenvalue weighted by molar-refractivity contribution is 7.89. The number of amides is 1. The molecule has 3 rings (SSSR count). The average molecular weight is 365 g/mol. The first-order valence-corrected chi connectivity index (χ1v) is 10.4. The van der Waals surface area contributed by atoms with Crippen LogP contribution >= 0.6 is 0 Å². The van der Waals surface area contributed by atoms with Gasteiger partial charge in [-0.25, -0.2) is 12.7 Å². The Labute approximate surface area is 150 Å². The van der Waals surface area contributed by atoms with Gasteiger partial charge in [-0.15, -0.1) is 0 Å². The highest BCUT2D eigenvalue weighted by Crippen LogP contribution is 2.33. The largest absolute Gasteiger partial charge is 0.351 e. The number of hydrogen-bond donors (Lipinski definition) is 2. The van der Waals surface area contributed by atoms with E-state index in [-0.39, 0.29) is 23.4 Å². The molecule has 1 aliphatic carbocycles. The smallest absolute Gasteiger partial charge is 0.242 e. The van der Waals surface area contributed by atoms with Crippen molar-refractivity contribution in [1.82, 2.24) is 14.9 Å². The van der Waals surface area contributed by atoms with Crippen molar-refractivity contribution < 1.29 is 13.2 Å². The van der Waals surface area contributed by atoms with Crippen LogP contribution in [0.1, 0.15) is 37.7 Å². The number of hydrogen-bond acceptors (Lipinski definition) is 4. The van der Waals surface area contributed by atoms with Gasteiger partial charge in [0.1, 0.15) is 0 Å². The van der Waals surface area contributed by atoms with Crippen molar-refractivity contribution in [2.45, 2.75) is 55.6 Å². The summed E-state index contributed by atoms with van der Waals surface area (Å²) in [5.41, 5.74) is 0.611. The lowest BCUT2D eigenvalue weighted by molar-refractivity contribution is -0.123. The molecule has 1 saturated carbocycles. The van der Waals surface area contributed by atoms with Crippen molar-refractivity contribution in [2.75, 3.05) is 14.1 Å². The third-order valence-corrected chi connectivity index (χ3v) is 7.28. The average Bonchev–Trinajstić information content (AvgIpc) is 3.04. The molecular formula is C18H27N3O3S. The molecule has 7 heteroatoms. The highest BCUT2D eigenvalue weighted by atomic mass is 32.2. The highest BCUT2D eigenvalue weighted by Gasteiger charge is 2.38. The fraction of sp³-hybridized carbons (Fsp3) is 0.611. The third-order valence-electron chi connectivity index (χ3n) is 5.36. The van der Waals surface area contributed by atoms with Crippen LogP contribution < -0.4 is 10.6 Å². The van der Waals surface area contributed by atoms with Gasteiger partial charge in [0.25, 0.3) is 0 Å². The Kier molecular flexibility index (Phi) is 5.46. The van der Waals surface area contributed by atoms with E-state index in [2.05, 4.69) is 10.6 Å². The Balaban J connectivity index is 1.65. The minimum Gasteiger partial charge on any atom is -0.351 e. The van der Waals surface area contributed by atoms with Gasteiger partial charge in [-0.05, 0) is 36.8 Å². The first-order valence-electron chi connectivity index (χ1n) is 8.94. The third kappa shape index (κ3) is 3.88. The second-order valence-electron chi connectivity index (χ2n) is 7.22. The number of carbonyl (C=O) groups is 1. The molecule has 0 spiro atoms. The number of fused-ring (bicyclic) bond motifs is 1. The number of sulfonamides is 1. The zero-order valence-corrected chi connectivity index (χ0v) is 15.7. The Morgan fingerprint density at radius 3 is 2.68 bits per heavy atom. The lowest BCUT2D eigenvalue weighted by Crippen LogP contribution is -2.43. The van der Waals surface area contributed by atoms with Gasteiger partial charge in [0.2, 0.25) is 15.9 Å². The van der Waals surface area contributed by atoms with E-state index in [1.807, 2.05) is 0 Å². The first-order chi connectivity index (χ1) is 11.9. The van der Waals surface area contributed by atoms with Gasteiger partial charge in [-0.2, -0.15) is 0 Å². The maximum atomic E-state index is 12.5. The van der Waals surface area contributed by atoms with Crippen LogP contribution in [0.25, 0.3) is 0 Å². The lowest BCUT2D eigenvalue weighted by atomic mass is 9.85. The fourth-order valence-corrected chi connectivity index (χ4v) is 5.04. The Morgan fingerprint density at radius 2 is 1.96 bits per heavy atom. The number of carbonyl (C=O) groups excluding carboxylic acids is 1. The van der Waals surface area contributed by atoms with Crippen LogP contribution in [-0.2, 0) is 21.4 Å². The zero-order chi connectivity index (χ0) is 18.0. The van der Waals surface area contributed by atoms with Crippen molar-refractivity contribution in [3.05, 3.63) is 29.8 Å². The predicted molar refractivity (Wildman–Crippen MR) is 96.4 cm³/mol. The maximum absolute atomic E-state index is 12.5. The Bertz CT molecular complexity index is 719. The summed E-state index contributed by atoms with van der Waals surface area (Å²) < 4.78 is 26.0. The first kappa shape index (κ1) is 18.4. The van der Waals surface area contributed by atoms with Crippen molar-refractivity contribution in [1.29, 1.82) is 0 Å². The molecule has 3 unspecified atom stereocenters. The summed E-state index contributed by atoms with van der Waals surface area (Å²) in [7, 11) is -0.508. The summed E-state index contributed by atoms with van der Waals surface area (Å²) in [5, 5.41) is 6.37. The second-order valence-corrected chi connectivity index (χ2v) is 9.34. The summed E-state index contributed by atoms with van der Waals surface area (Å²) in [4.78, 5) is 12.8. The molecule has 1 saturated heterocycles. The quantitative estimate of drug-likeness (QED) is 0.828. The van der Waals surface area contributed by atoms with Gasteiger partial charge in [0.05, 0.1) is 10.9 Å². The molecule has 3 atom stereocenters. The molecule has 2 aliphatic rings. The minimum absolute atomic E-state index is 0.0357. The maximum Gasteiger partial charge on any atom is 0.242 e. The monoisotopic (exact) mass is 365 g/mol. The van der Waals surface area contributed by atoms with Crippen molar-refractivity contribution in [3.8, 4) is 0 Å². The molecule has 1 aromatic rings. The molecule has 1 amide bonds. The van der Waals surface area contributed by atoms with Crippen molar-refractivity contribution in [3.63, 3.8) is 0 Å². The van der Waals surface area contributed by atoms with Crippen LogP contribution in [-0.4, -0.2) is 44.8 Å². The minimum atomic E-state index is -3.53. The SMILES string of the molecule is CN(C)S(=O)(=O)c1ccccc1CNC(=O)C1CC2CCCCC2N1. The number of rotatable bonds is 5. The molecule has 2 N–H and O–H groups in total. The van der Waals surface area contributed by atoms with E-state index in [0.29, 0.717) is 17.5 Å². The molecule has 1 aliphatic heterocycles. The summed E-state index contributed by atoms with van der Waals surface area (Å²) in [6.45, 7) is 0.218. The zero-order valence-electron chi connectivity index (χ0n) is 14.9. The van der Waals surface area contributed by atoms with Crippen molar-refractivity contribution >= 4 is 15.9 Å². The number of nitrogens with one attached hydrogen (secondary N) is 2. The molecule has 2 fully saturated rings. The van der Waals surface area contributed by atoms with Gasteiger partial charge >= 0.3 is 0 Å². The van der Waals surface area contributed by atoms with E-state index in [1.54, 1.807) is 24.3 Å². The second kappa shape index (κ2) is 7.43. The van der Waals surface area contributed by atoms with Crippen molar-refractivity contribution in [2.24, 2.45) is 5.92 Å². The molecule has 0 bridgehead atoms. The van der Waals surface area contributed by atoms with E-state index in [0.717, 1.165) is 12.8 Å². The molecular weight excluding hydrogens is 338 g/mol. The molecule has 1 heterocycles. The van der Waals surface area contributed by atoms with Gasteiger partial charge in [0.15, 0.2) is 0 Å². The van der Waals surface area contributed by atoms with E-state index >= 15 is 0 Å². The number of nitrogens with zero attached hydrogens (tertiary/aromatic N) is 1. The Hall–Kier alpha value is -1.44. The van der Waals surface area contributed by atoms with Crippen LogP contribution in [0, 0.1) is 5.92 Å². The molecule has 0 aromatic heterocycles. The van der Waals surface area contributed by atoms with Gasteiger partial charge in [-0.1, -0.05) is 31.0 Å². The van der Waals surface area contributed by atoms with Crippen LogP contribution in [0.5, 0.6) is 0 Å². The summed E-state index contributed by atoms with van der Waals surface area (Å²) in [6, 6.07) is 7.12. The fourth-order valence-electron chi connectivity index (χ4n) is 3.92. The summed E-state index contributed by atoms with van der Waals surface area (Å²) in [5.74, 6) is 0.567. The van der Waals surface area contributed by atoms with E-state index < -0.39 is 10.0 Å². The molecule has 0 radical (unpaired) electrons. The topological polar surface area (TPSA) is 78.5 Å². The van der Waals surface area contributed by atoms with Gasteiger partial charge in [0, 0.05) is 26.7 Å².